The summed E-state index contributed by atoms with van der Waals surface area (Å²) >= 11 is 1.26. The standard InChI is InChI=1S/C18H18N4O3S/c1-12(25-13-8-4-3-5-9-13)16-21-22-18(26-16)20-17(23)19-14-10-6-7-11-15(14)24-2/h3-12H,1-2H3,(H2,19,20,22,23)/t12-/m0/s1. The number of rotatable bonds is 6. The van der Waals surface area contributed by atoms with Crippen molar-refractivity contribution in [2.75, 3.05) is 17.7 Å². The van der Waals surface area contributed by atoms with E-state index in [9.17, 15) is 4.79 Å². The SMILES string of the molecule is COc1ccccc1NC(=O)Nc1nnc([C@H](C)Oc2ccccc2)s1. The van der Waals surface area contributed by atoms with Crippen LogP contribution < -0.4 is 20.1 Å². The zero-order chi connectivity index (χ0) is 18.4. The molecule has 0 unspecified atom stereocenters. The topological polar surface area (TPSA) is 85.4 Å². The lowest BCUT2D eigenvalue weighted by Crippen LogP contribution is -2.19. The molecule has 0 saturated heterocycles. The molecule has 3 aromatic rings. The van der Waals surface area contributed by atoms with Crippen molar-refractivity contribution in [2.24, 2.45) is 0 Å². The molecule has 8 heteroatoms. The summed E-state index contributed by atoms with van der Waals surface area (Å²) in [4.78, 5) is 12.2. The predicted octanol–water partition coefficient (Wildman–Crippen LogP) is 4.33. The number of nitrogens with zero attached hydrogens (tertiary/aromatic N) is 2. The van der Waals surface area contributed by atoms with Crippen molar-refractivity contribution in [3.63, 3.8) is 0 Å². The Hall–Kier alpha value is -3.13. The number of nitrogens with one attached hydrogen (secondary N) is 2. The normalized spacial score (nSPS) is 11.5. The highest BCUT2D eigenvalue weighted by Crippen LogP contribution is 2.27. The fraction of sp³-hybridized carbons (Fsp3) is 0.167. The third kappa shape index (κ3) is 4.48. The summed E-state index contributed by atoms with van der Waals surface area (Å²) in [5.74, 6) is 1.32. The molecule has 0 aliphatic carbocycles. The highest BCUT2D eigenvalue weighted by atomic mass is 32.1. The van der Waals surface area contributed by atoms with E-state index in [0.717, 1.165) is 5.75 Å². The number of aromatic nitrogens is 2. The van der Waals surface area contributed by atoms with E-state index in [4.69, 9.17) is 9.47 Å². The van der Waals surface area contributed by atoms with Crippen molar-refractivity contribution < 1.29 is 14.3 Å². The highest BCUT2D eigenvalue weighted by molar-refractivity contribution is 7.15. The lowest BCUT2D eigenvalue weighted by Gasteiger charge is -2.11. The fourth-order valence-electron chi connectivity index (χ4n) is 2.20. The second-order valence-electron chi connectivity index (χ2n) is 5.30. The first-order valence-electron chi connectivity index (χ1n) is 7.92. The van der Waals surface area contributed by atoms with E-state index in [-0.39, 0.29) is 6.10 Å². The van der Waals surface area contributed by atoms with Gasteiger partial charge in [-0.3, -0.25) is 5.32 Å². The Balaban J connectivity index is 1.60. The molecule has 1 atom stereocenters. The summed E-state index contributed by atoms with van der Waals surface area (Å²) < 4.78 is 11.0. The van der Waals surface area contributed by atoms with Gasteiger partial charge in [0, 0.05) is 0 Å². The number of para-hydroxylation sites is 3. The van der Waals surface area contributed by atoms with Crippen molar-refractivity contribution in [2.45, 2.75) is 13.0 Å². The third-order valence-corrected chi connectivity index (χ3v) is 4.42. The van der Waals surface area contributed by atoms with Crippen molar-refractivity contribution in [3.05, 3.63) is 59.6 Å². The summed E-state index contributed by atoms with van der Waals surface area (Å²) in [6, 6.07) is 16.2. The lowest BCUT2D eigenvalue weighted by molar-refractivity contribution is 0.225. The molecule has 0 aliphatic rings. The molecule has 1 aromatic heterocycles. The van der Waals surface area contributed by atoms with E-state index < -0.39 is 6.03 Å². The van der Waals surface area contributed by atoms with Gasteiger partial charge < -0.3 is 14.8 Å². The number of hydrogen-bond donors (Lipinski definition) is 2. The van der Waals surface area contributed by atoms with Gasteiger partial charge in [0.15, 0.2) is 5.01 Å². The Morgan fingerprint density at radius 2 is 1.77 bits per heavy atom. The van der Waals surface area contributed by atoms with Gasteiger partial charge in [-0.15, -0.1) is 10.2 Å². The molecule has 134 valence electrons. The number of methoxy groups -OCH3 is 1. The van der Waals surface area contributed by atoms with Crippen LogP contribution in [-0.4, -0.2) is 23.3 Å². The van der Waals surface area contributed by atoms with Crippen LogP contribution in [0.4, 0.5) is 15.6 Å². The van der Waals surface area contributed by atoms with Gasteiger partial charge in [-0.1, -0.05) is 41.7 Å². The Kier molecular flexibility index (Phi) is 5.65. The van der Waals surface area contributed by atoms with Crippen molar-refractivity contribution in [3.8, 4) is 11.5 Å². The molecule has 0 spiro atoms. The molecular formula is C18H18N4O3S. The van der Waals surface area contributed by atoms with Gasteiger partial charge in [0.2, 0.25) is 5.13 Å². The molecule has 7 nitrogen and oxygen atoms in total. The largest absolute Gasteiger partial charge is 0.495 e. The Morgan fingerprint density at radius 1 is 1.04 bits per heavy atom. The number of benzene rings is 2. The molecule has 0 aliphatic heterocycles. The smallest absolute Gasteiger partial charge is 0.325 e. The van der Waals surface area contributed by atoms with E-state index in [1.54, 1.807) is 19.2 Å². The molecule has 0 radical (unpaired) electrons. The lowest BCUT2D eigenvalue weighted by atomic mass is 10.3. The van der Waals surface area contributed by atoms with Crippen molar-refractivity contribution >= 4 is 28.2 Å². The molecule has 26 heavy (non-hydrogen) atoms. The molecule has 1 heterocycles. The van der Waals surface area contributed by atoms with Crippen LogP contribution in [0.2, 0.25) is 0 Å². The molecule has 3 rings (SSSR count). The van der Waals surface area contributed by atoms with E-state index in [1.807, 2.05) is 49.4 Å². The number of carbonyl (C=O) groups excluding carboxylic acids is 1. The zero-order valence-electron chi connectivity index (χ0n) is 14.3. The maximum absolute atomic E-state index is 12.2. The zero-order valence-corrected chi connectivity index (χ0v) is 15.1. The Bertz CT molecular complexity index is 870. The maximum atomic E-state index is 12.2. The molecule has 2 aromatic carbocycles. The number of ether oxygens (including phenoxy) is 2. The molecule has 0 fully saturated rings. The molecule has 0 saturated carbocycles. The number of amides is 2. The van der Waals surface area contributed by atoms with Gasteiger partial charge in [-0.2, -0.15) is 0 Å². The van der Waals surface area contributed by atoms with E-state index >= 15 is 0 Å². The van der Waals surface area contributed by atoms with Crippen LogP contribution in [0.15, 0.2) is 54.6 Å². The van der Waals surface area contributed by atoms with Gasteiger partial charge in [0.1, 0.15) is 17.6 Å². The third-order valence-electron chi connectivity index (χ3n) is 3.42. The summed E-state index contributed by atoms with van der Waals surface area (Å²) in [7, 11) is 1.55. The van der Waals surface area contributed by atoms with Crippen LogP contribution in [0, 0.1) is 0 Å². The van der Waals surface area contributed by atoms with Crippen LogP contribution >= 0.6 is 11.3 Å². The van der Waals surface area contributed by atoms with Gasteiger partial charge in [0.25, 0.3) is 0 Å². The van der Waals surface area contributed by atoms with Crippen LogP contribution in [-0.2, 0) is 0 Å². The summed E-state index contributed by atoms with van der Waals surface area (Å²) in [6.07, 6.45) is -0.275. The molecule has 2 amide bonds. The van der Waals surface area contributed by atoms with Crippen LogP contribution in [0.1, 0.15) is 18.0 Å². The van der Waals surface area contributed by atoms with Crippen molar-refractivity contribution in [1.29, 1.82) is 0 Å². The second kappa shape index (κ2) is 8.30. The van der Waals surface area contributed by atoms with Crippen molar-refractivity contribution in [1.82, 2.24) is 10.2 Å². The Labute approximate surface area is 155 Å². The minimum absolute atomic E-state index is 0.275. The predicted molar refractivity (Wildman–Crippen MR) is 101 cm³/mol. The first-order chi connectivity index (χ1) is 12.7. The minimum atomic E-state index is -0.422. The van der Waals surface area contributed by atoms with Gasteiger partial charge in [0.05, 0.1) is 12.8 Å². The van der Waals surface area contributed by atoms with Crippen LogP contribution in [0.3, 0.4) is 0 Å². The first kappa shape index (κ1) is 17.7. The molecule has 2 N–H and O–H groups in total. The van der Waals surface area contributed by atoms with E-state index in [0.29, 0.717) is 21.6 Å². The van der Waals surface area contributed by atoms with E-state index in [1.165, 1.54) is 11.3 Å². The summed E-state index contributed by atoms with van der Waals surface area (Å²) in [5.41, 5.74) is 0.568. The minimum Gasteiger partial charge on any atom is -0.495 e. The van der Waals surface area contributed by atoms with Gasteiger partial charge in [-0.05, 0) is 31.2 Å². The summed E-state index contributed by atoms with van der Waals surface area (Å²) in [6.45, 7) is 1.88. The van der Waals surface area contributed by atoms with Crippen LogP contribution in [0.25, 0.3) is 0 Å². The summed E-state index contributed by atoms with van der Waals surface area (Å²) in [5, 5.41) is 14.5. The number of anilines is 2. The average molecular weight is 370 g/mol. The molecule has 0 bridgehead atoms. The quantitative estimate of drug-likeness (QED) is 0.674. The fourth-order valence-corrected chi connectivity index (χ4v) is 2.92. The number of carbonyl (C=O) groups is 1. The Morgan fingerprint density at radius 3 is 2.54 bits per heavy atom. The monoisotopic (exact) mass is 370 g/mol. The number of hydrogen-bond acceptors (Lipinski definition) is 6. The maximum Gasteiger partial charge on any atom is 0.325 e. The molecular weight excluding hydrogens is 352 g/mol. The highest BCUT2D eigenvalue weighted by Gasteiger charge is 2.15. The van der Waals surface area contributed by atoms with Crippen LogP contribution in [0.5, 0.6) is 11.5 Å². The van der Waals surface area contributed by atoms with E-state index in [2.05, 4.69) is 20.8 Å². The average Bonchev–Trinajstić information content (AvgIpc) is 3.11. The first-order valence-corrected chi connectivity index (χ1v) is 8.73. The second-order valence-corrected chi connectivity index (χ2v) is 6.31. The van der Waals surface area contributed by atoms with Gasteiger partial charge >= 0.3 is 6.03 Å². The van der Waals surface area contributed by atoms with Gasteiger partial charge in [-0.25, -0.2) is 4.79 Å². The number of urea groups is 1.